The van der Waals surface area contributed by atoms with Crippen molar-refractivity contribution in [3.63, 3.8) is 0 Å². The summed E-state index contributed by atoms with van der Waals surface area (Å²) in [6.45, 7) is 3.97. The number of nitrogens with zero attached hydrogens (tertiary/aromatic N) is 2. The standard InChI is InChI=1S/C23H20ClN3O2S2/c1-14-15(2)27(20-6-4-3-5-19(14)20)22(29)13-31-23-25-17(11-21(28)26-23)12-30-18-9-7-16(24)8-10-18/h3-11H,12-13H2,1-2H3,(H,25,26,28). The van der Waals surface area contributed by atoms with E-state index in [-0.39, 0.29) is 17.2 Å². The maximum Gasteiger partial charge on any atom is 0.251 e. The number of thioether (sulfide) groups is 2. The number of benzene rings is 2. The topological polar surface area (TPSA) is 67.8 Å². The summed E-state index contributed by atoms with van der Waals surface area (Å²) < 4.78 is 1.75. The Morgan fingerprint density at radius 1 is 1.10 bits per heavy atom. The van der Waals surface area contributed by atoms with Crippen molar-refractivity contribution in [2.75, 3.05) is 5.75 Å². The number of aromatic amines is 1. The van der Waals surface area contributed by atoms with Crippen molar-refractivity contribution in [3.8, 4) is 0 Å². The number of fused-ring (bicyclic) bond motifs is 1. The Hall–Kier alpha value is -2.48. The number of carbonyl (C=O) groups excluding carboxylic acids is 1. The number of halogens is 1. The molecule has 31 heavy (non-hydrogen) atoms. The van der Waals surface area contributed by atoms with Crippen LogP contribution in [-0.2, 0) is 5.75 Å². The Morgan fingerprint density at radius 3 is 2.61 bits per heavy atom. The van der Waals surface area contributed by atoms with Gasteiger partial charge >= 0.3 is 0 Å². The molecule has 0 radical (unpaired) electrons. The second-order valence-electron chi connectivity index (χ2n) is 7.03. The van der Waals surface area contributed by atoms with Gasteiger partial charge in [0.1, 0.15) is 0 Å². The largest absolute Gasteiger partial charge is 0.301 e. The fourth-order valence-electron chi connectivity index (χ4n) is 3.36. The molecule has 0 aliphatic carbocycles. The smallest absolute Gasteiger partial charge is 0.251 e. The summed E-state index contributed by atoms with van der Waals surface area (Å²) in [7, 11) is 0. The van der Waals surface area contributed by atoms with Gasteiger partial charge in [0.05, 0.1) is 17.0 Å². The summed E-state index contributed by atoms with van der Waals surface area (Å²) >= 11 is 8.73. The normalized spacial score (nSPS) is 11.2. The third kappa shape index (κ3) is 4.89. The SMILES string of the molecule is Cc1c(C)n(C(=O)CSc2nc(CSc3ccc(Cl)cc3)cc(=O)[nH]2)c2ccccc12. The second-order valence-corrected chi connectivity index (χ2v) is 9.48. The monoisotopic (exact) mass is 469 g/mol. The average Bonchev–Trinajstić information content (AvgIpc) is 3.02. The van der Waals surface area contributed by atoms with Gasteiger partial charge < -0.3 is 4.98 Å². The Morgan fingerprint density at radius 2 is 1.84 bits per heavy atom. The predicted molar refractivity (Wildman–Crippen MR) is 129 cm³/mol. The van der Waals surface area contributed by atoms with E-state index >= 15 is 0 Å². The first kappa shape index (κ1) is 21.7. The van der Waals surface area contributed by atoms with Crippen LogP contribution in [0.2, 0.25) is 5.02 Å². The van der Waals surface area contributed by atoms with Crippen molar-refractivity contribution >= 4 is 51.9 Å². The van der Waals surface area contributed by atoms with E-state index in [9.17, 15) is 9.59 Å². The van der Waals surface area contributed by atoms with E-state index in [0.717, 1.165) is 27.1 Å². The van der Waals surface area contributed by atoms with Gasteiger partial charge in [-0.3, -0.25) is 14.2 Å². The lowest BCUT2D eigenvalue weighted by Gasteiger charge is -2.08. The molecule has 0 atom stereocenters. The molecule has 0 amide bonds. The van der Waals surface area contributed by atoms with Crippen LogP contribution in [0.15, 0.2) is 69.4 Å². The van der Waals surface area contributed by atoms with Crippen LogP contribution in [0.4, 0.5) is 0 Å². The number of aryl methyl sites for hydroxylation is 1. The molecule has 2 aromatic heterocycles. The van der Waals surface area contributed by atoms with E-state index in [4.69, 9.17) is 11.6 Å². The molecule has 0 aliphatic heterocycles. The molecule has 0 saturated heterocycles. The highest BCUT2D eigenvalue weighted by molar-refractivity contribution is 7.99. The van der Waals surface area contributed by atoms with Crippen LogP contribution < -0.4 is 5.56 Å². The highest BCUT2D eigenvalue weighted by Crippen LogP contribution is 2.26. The summed E-state index contributed by atoms with van der Waals surface area (Å²) in [6.07, 6.45) is 0. The molecule has 0 unspecified atom stereocenters. The maximum atomic E-state index is 13.0. The number of carbonyl (C=O) groups is 1. The molecule has 1 N–H and O–H groups in total. The Kier molecular flexibility index (Phi) is 6.55. The van der Waals surface area contributed by atoms with E-state index in [2.05, 4.69) is 9.97 Å². The van der Waals surface area contributed by atoms with Gasteiger partial charge in [0.15, 0.2) is 5.16 Å². The van der Waals surface area contributed by atoms with Gasteiger partial charge in [-0.25, -0.2) is 4.98 Å². The molecular weight excluding hydrogens is 450 g/mol. The van der Waals surface area contributed by atoms with Gasteiger partial charge in [-0.1, -0.05) is 41.6 Å². The van der Waals surface area contributed by atoms with Crippen LogP contribution in [0.3, 0.4) is 0 Å². The van der Waals surface area contributed by atoms with Crippen molar-refractivity contribution in [3.05, 3.63) is 86.9 Å². The minimum absolute atomic E-state index is 0.0459. The van der Waals surface area contributed by atoms with E-state index in [1.165, 1.54) is 17.8 Å². The summed E-state index contributed by atoms with van der Waals surface area (Å²) in [4.78, 5) is 33.4. The van der Waals surface area contributed by atoms with Crippen LogP contribution >= 0.6 is 35.1 Å². The zero-order chi connectivity index (χ0) is 22.0. The zero-order valence-electron chi connectivity index (χ0n) is 17.0. The first-order valence-electron chi connectivity index (χ1n) is 9.63. The lowest BCUT2D eigenvalue weighted by molar-refractivity contribution is 0.0945. The maximum absolute atomic E-state index is 13.0. The Labute approximate surface area is 193 Å². The predicted octanol–water partition coefficient (Wildman–Crippen LogP) is 5.72. The molecule has 0 fully saturated rings. The molecule has 0 saturated carbocycles. The lowest BCUT2D eigenvalue weighted by Crippen LogP contribution is -2.16. The number of hydrogen-bond acceptors (Lipinski definition) is 5. The molecular formula is C23H20ClN3O2S2. The van der Waals surface area contributed by atoms with Gasteiger partial charge in [-0.15, -0.1) is 11.8 Å². The number of nitrogens with one attached hydrogen (secondary N) is 1. The molecule has 2 aromatic carbocycles. The third-order valence-electron chi connectivity index (χ3n) is 4.98. The number of aromatic nitrogens is 3. The molecule has 2 heterocycles. The summed E-state index contributed by atoms with van der Waals surface area (Å²) in [5.74, 6) is 0.680. The van der Waals surface area contributed by atoms with E-state index < -0.39 is 0 Å². The Bertz CT molecular complexity index is 1310. The molecule has 0 spiro atoms. The minimum Gasteiger partial charge on any atom is -0.301 e. The fourth-order valence-corrected chi connectivity index (χ4v) is 5.02. The number of hydrogen-bond donors (Lipinski definition) is 1. The quantitative estimate of drug-likeness (QED) is 0.289. The first-order valence-corrected chi connectivity index (χ1v) is 12.0. The summed E-state index contributed by atoms with van der Waals surface area (Å²) in [5, 5.41) is 2.20. The average molecular weight is 470 g/mol. The van der Waals surface area contributed by atoms with E-state index in [1.54, 1.807) is 16.3 Å². The molecule has 4 aromatic rings. The Balaban J connectivity index is 1.47. The number of para-hydroxylation sites is 1. The van der Waals surface area contributed by atoms with E-state index in [0.29, 0.717) is 21.6 Å². The van der Waals surface area contributed by atoms with Crippen LogP contribution in [0, 0.1) is 13.8 Å². The zero-order valence-corrected chi connectivity index (χ0v) is 19.4. The molecule has 5 nitrogen and oxygen atoms in total. The molecule has 158 valence electrons. The molecule has 4 rings (SSSR count). The fraction of sp³-hybridized carbons (Fsp3) is 0.174. The summed E-state index contributed by atoms with van der Waals surface area (Å²) in [6, 6.07) is 16.9. The van der Waals surface area contributed by atoms with Crippen LogP contribution in [0.5, 0.6) is 0 Å². The van der Waals surface area contributed by atoms with Crippen molar-refractivity contribution in [2.24, 2.45) is 0 Å². The molecule has 0 aliphatic rings. The van der Waals surface area contributed by atoms with Crippen molar-refractivity contribution in [1.29, 1.82) is 0 Å². The van der Waals surface area contributed by atoms with Crippen LogP contribution in [-0.4, -0.2) is 26.2 Å². The highest BCUT2D eigenvalue weighted by atomic mass is 35.5. The number of H-pyrrole nitrogens is 1. The lowest BCUT2D eigenvalue weighted by atomic mass is 10.2. The molecule has 8 heteroatoms. The van der Waals surface area contributed by atoms with Gasteiger partial charge in [0.2, 0.25) is 5.91 Å². The van der Waals surface area contributed by atoms with Gasteiger partial charge in [0.25, 0.3) is 5.56 Å². The van der Waals surface area contributed by atoms with Crippen molar-refractivity contribution in [2.45, 2.75) is 29.7 Å². The van der Waals surface area contributed by atoms with Crippen molar-refractivity contribution < 1.29 is 4.79 Å². The van der Waals surface area contributed by atoms with Gasteiger partial charge in [0, 0.05) is 32.8 Å². The van der Waals surface area contributed by atoms with Crippen LogP contribution in [0.25, 0.3) is 10.9 Å². The second kappa shape index (κ2) is 9.34. The highest BCUT2D eigenvalue weighted by Gasteiger charge is 2.16. The third-order valence-corrected chi connectivity index (χ3v) is 7.14. The van der Waals surface area contributed by atoms with Crippen molar-refractivity contribution in [1.82, 2.24) is 14.5 Å². The van der Waals surface area contributed by atoms with Gasteiger partial charge in [-0.2, -0.15) is 0 Å². The van der Waals surface area contributed by atoms with E-state index in [1.807, 2.05) is 62.4 Å². The molecule has 0 bridgehead atoms. The summed E-state index contributed by atoms with van der Waals surface area (Å²) in [5.41, 5.74) is 3.37. The number of rotatable bonds is 6. The van der Waals surface area contributed by atoms with Crippen LogP contribution in [0.1, 0.15) is 21.7 Å². The minimum atomic E-state index is -0.227. The first-order chi connectivity index (χ1) is 14.9. The van der Waals surface area contributed by atoms with Gasteiger partial charge in [-0.05, 0) is 49.7 Å².